The number of rotatable bonds is 2. The van der Waals surface area contributed by atoms with Crippen LogP contribution in [0, 0.1) is 10.8 Å². The summed E-state index contributed by atoms with van der Waals surface area (Å²) in [4.78, 5) is 0.811. The average molecular weight is 411 g/mol. The quantitative estimate of drug-likeness (QED) is 0.500. The Morgan fingerprint density at radius 3 is 1.93 bits per heavy atom. The zero-order valence-electron chi connectivity index (χ0n) is 18.2. The van der Waals surface area contributed by atoms with Gasteiger partial charge in [0.1, 0.15) is 0 Å². The first-order chi connectivity index (χ1) is 13.8. The Bertz CT molecular complexity index is 1010. The second-order valence-corrected chi connectivity index (χ2v) is 13.2. The molecule has 0 amide bonds. The molecule has 0 heterocycles. The van der Waals surface area contributed by atoms with Crippen molar-refractivity contribution in [3.8, 4) is 0 Å². The molecule has 0 aliphatic heterocycles. The van der Waals surface area contributed by atoms with Gasteiger partial charge in [-0.3, -0.25) is 0 Å². The molecule has 1 aromatic carbocycles. The van der Waals surface area contributed by atoms with E-state index in [0.717, 1.165) is 36.2 Å². The molecule has 1 saturated carbocycles. The van der Waals surface area contributed by atoms with Gasteiger partial charge in [0.15, 0.2) is 9.84 Å². The van der Waals surface area contributed by atoms with Crippen LogP contribution in [-0.2, 0) is 9.84 Å². The van der Waals surface area contributed by atoms with E-state index in [1.807, 2.05) is 26.8 Å². The van der Waals surface area contributed by atoms with E-state index in [1.54, 1.807) is 11.1 Å². The molecule has 3 heteroatoms. The molecule has 5 rings (SSSR count). The van der Waals surface area contributed by atoms with Crippen molar-refractivity contribution in [1.82, 2.24) is 0 Å². The van der Waals surface area contributed by atoms with Gasteiger partial charge in [-0.2, -0.15) is 0 Å². The lowest BCUT2D eigenvalue weighted by Crippen LogP contribution is -2.64. The molecule has 0 radical (unpaired) electrons. The van der Waals surface area contributed by atoms with Crippen molar-refractivity contribution in [3.63, 3.8) is 0 Å². The summed E-state index contributed by atoms with van der Waals surface area (Å²) in [5.74, 6) is 0. The Kier molecular flexibility index (Phi) is 4.28. The van der Waals surface area contributed by atoms with Crippen LogP contribution >= 0.6 is 0 Å². The highest BCUT2D eigenvalue weighted by Crippen LogP contribution is 2.84. The van der Waals surface area contributed by atoms with Gasteiger partial charge in [0.2, 0.25) is 0 Å². The largest absolute Gasteiger partial charge is 0.223 e. The molecule has 0 bridgehead atoms. The first-order valence-electron chi connectivity index (χ1n) is 11.6. The Hall–Kier alpha value is -1.35. The molecule has 29 heavy (non-hydrogen) atoms. The van der Waals surface area contributed by atoms with Gasteiger partial charge in [0.25, 0.3) is 0 Å². The molecule has 1 aromatic rings. The molecule has 2 atom stereocenters. The summed E-state index contributed by atoms with van der Waals surface area (Å²) < 4.78 is 27.3. The molecule has 156 valence electrons. The maximum Gasteiger partial charge on any atom is 0.180 e. The van der Waals surface area contributed by atoms with Crippen LogP contribution in [0.4, 0.5) is 0 Å². The zero-order chi connectivity index (χ0) is 20.5. The average Bonchev–Trinajstić information content (AvgIpc) is 2.95. The SMILES string of the molecule is CC(C)(C)S(=O)(=O)C1=C(c2ccccc2)C23CCCCCC12C1=C3CCCCC1. The van der Waals surface area contributed by atoms with E-state index < -0.39 is 14.6 Å². The predicted octanol–water partition coefficient (Wildman–Crippen LogP) is 6.84. The Balaban J connectivity index is 1.83. The number of hydrogen-bond donors (Lipinski definition) is 0. The van der Waals surface area contributed by atoms with Crippen molar-refractivity contribution >= 4 is 15.4 Å². The fraction of sp³-hybridized carbons (Fsp3) is 0.615. The summed E-state index contributed by atoms with van der Waals surface area (Å²) in [6.45, 7) is 5.64. The molecule has 4 aliphatic carbocycles. The highest BCUT2D eigenvalue weighted by molar-refractivity contribution is 7.96. The molecule has 0 aromatic heterocycles. The number of sulfone groups is 1. The van der Waals surface area contributed by atoms with Crippen LogP contribution in [0.1, 0.15) is 90.5 Å². The van der Waals surface area contributed by atoms with E-state index in [2.05, 4.69) is 24.3 Å². The van der Waals surface area contributed by atoms with E-state index in [9.17, 15) is 8.42 Å². The third-order valence-corrected chi connectivity index (χ3v) is 11.0. The molecule has 1 fully saturated rings. The summed E-state index contributed by atoms with van der Waals surface area (Å²) in [6, 6.07) is 10.5. The molecule has 4 aliphatic rings. The minimum absolute atomic E-state index is 0.00181. The second kappa shape index (κ2) is 6.33. The van der Waals surface area contributed by atoms with Crippen molar-refractivity contribution in [2.24, 2.45) is 10.8 Å². The lowest BCUT2D eigenvalue weighted by Gasteiger charge is -2.71. The summed E-state index contributed by atoms with van der Waals surface area (Å²) >= 11 is 0. The summed E-state index contributed by atoms with van der Waals surface area (Å²) in [5, 5.41) is 0. The minimum atomic E-state index is -3.39. The van der Waals surface area contributed by atoms with E-state index in [-0.39, 0.29) is 10.8 Å². The maximum absolute atomic E-state index is 14.0. The summed E-state index contributed by atoms with van der Waals surface area (Å²) in [6.07, 6.45) is 11.8. The van der Waals surface area contributed by atoms with Crippen LogP contribution in [0.5, 0.6) is 0 Å². The van der Waals surface area contributed by atoms with E-state index >= 15 is 0 Å². The number of allylic oxidation sites excluding steroid dienone is 4. The zero-order valence-corrected chi connectivity index (χ0v) is 19.0. The predicted molar refractivity (Wildman–Crippen MR) is 120 cm³/mol. The molecule has 0 N–H and O–H groups in total. The lowest BCUT2D eigenvalue weighted by molar-refractivity contribution is 0.113. The van der Waals surface area contributed by atoms with Crippen LogP contribution in [-0.4, -0.2) is 13.2 Å². The summed E-state index contributed by atoms with van der Waals surface area (Å²) in [7, 11) is -3.39. The van der Waals surface area contributed by atoms with E-state index in [4.69, 9.17) is 0 Å². The van der Waals surface area contributed by atoms with Crippen LogP contribution < -0.4 is 0 Å². The Morgan fingerprint density at radius 2 is 1.31 bits per heavy atom. The van der Waals surface area contributed by atoms with Gasteiger partial charge in [0, 0.05) is 10.8 Å². The topological polar surface area (TPSA) is 34.1 Å². The van der Waals surface area contributed by atoms with Crippen LogP contribution in [0.2, 0.25) is 0 Å². The van der Waals surface area contributed by atoms with E-state index in [0.29, 0.717) is 0 Å². The minimum Gasteiger partial charge on any atom is -0.223 e. The number of hydrogen-bond acceptors (Lipinski definition) is 2. The standard InChI is InChI=1S/C26H34O2S/c1-24(2,3)29(27,28)23-22(19-13-7-4-8-14-19)25-17-11-6-12-18-26(23,25)21-16-10-5-9-15-20(21)25/h4,7-8,13-14H,5-6,9-12,15-18H2,1-3H3. The van der Waals surface area contributed by atoms with Gasteiger partial charge in [-0.05, 0) is 70.4 Å². The van der Waals surface area contributed by atoms with Gasteiger partial charge in [0.05, 0.1) is 9.65 Å². The molecular formula is C26H34O2S. The Labute approximate surface area is 176 Å². The van der Waals surface area contributed by atoms with Crippen LogP contribution in [0.25, 0.3) is 5.57 Å². The molecule has 2 unspecified atom stereocenters. The van der Waals surface area contributed by atoms with Crippen LogP contribution in [0.3, 0.4) is 0 Å². The highest BCUT2D eigenvalue weighted by Gasteiger charge is 2.76. The Morgan fingerprint density at radius 1 is 0.759 bits per heavy atom. The second-order valence-electron chi connectivity index (χ2n) is 10.6. The summed E-state index contributed by atoms with van der Waals surface area (Å²) in [5.41, 5.74) is 5.31. The first kappa shape index (κ1) is 19.6. The molecule has 0 spiro atoms. The first-order valence-corrected chi connectivity index (χ1v) is 13.0. The smallest absolute Gasteiger partial charge is 0.180 e. The molecule has 0 saturated heterocycles. The third kappa shape index (κ3) is 2.26. The monoisotopic (exact) mass is 410 g/mol. The maximum atomic E-state index is 14.0. The van der Waals surface area contributed by atoms with Crippen LogP contribution in [0.15, 0.2) is 46.4 Å². The van der Waals surface area contributed by atoms with Crippen molar-refractivity contribution in [1.29, 1.82) is 0 Å². The number of benzene rings is 1. The van der Waals surface area contributed by atoms with Gasteiger partial charge >= 0.3 is 0 Å². The fourth-order valence-electron chi connectivity index (χ4n) is 7.09. The lowest BCUT2D eigenvalue weighted by atomic mass is 9.34. The van der Waals surface area contributed by atoms with Crippen molar-refractivity contribution < 1.29 is 8.42 Å². The van der Waals surface area contributed by atoms with Gasteiger partial charge in [-0.15, -0.1) is 0 Å². The molecular weight excluding hydrogens is 376 g/mol. The van der Waals surface area contributed by atoms with E-state index in [1.165, 1.54) is 44.1 Å². The van der Waals surface area contributed by atoms with Crippen molar-refractivity contribution in [2.75, 3.05) is 0 Å². The van der Waals surface area contributed by atoms with Gasteiger partial charge < -0.3 is 0 Å². The van der Waals surface area contributed by atoms with Crippen molar-refractivity contribution in [3.05, 3.63) is 51.9 Å². The van der Waals surface area contributed by atoms with Crippen molar-refractivity contribution in [2.45, 2.75) is 89.7 Å². The molecule has 2 nitrogen and oxygen atoms in total. The fourth-order valence-corrected chi connectivity index (χ4v) is 9.12. The normalized spacial score (nSPS) is 32.2. The van der Waals surface area contributed by atoms with Gasteiger partial charge in [-0.1, -0.05) is 67.2 Å². The highest BCUT2D eigenvalue weighted by atomic mass is 32.2. The van der Waals surface area contributed by atoms with Gasteiger partial charge in [-0.25, -0.2) is 8.42 Å². The third-order valence-electron chi connectivity index (χ3n) is 8.26.